The van der Waals surface area contributed by atoms with Gasteiger partial charge in [0.15, 0.2) is 52.2 Å². The molecule has 0 unspecified atom stereocenters. The van der Waals surface area contributed by atoms with E-state index in [1.54, 1.807) is 0 Å². The number of hydrogen-bond donors (Lipinski definition) is 2. The summed E-state index contributed by atoms with van der Waals surface area (Å²) in [5, 5.41) is 18.0. The molecule has 6 aliphatic rings. The first-order valence-electron chi connectivity index (χ1n) is 33.5. The fourth-order valence-electron chi connectivity index (χ4n) is 16.3. The van der Waals surface area contributed by atoms with Crippen LogP contribution in [-0.2, 0) is 9.53 Å². The van der Waals surface area contributed by atoms with Crippen LogP contribution in [0, 0.1) is 88.2 Å². The zero-order valence-corrected chi connectivity index (χ0v) is 51.4. The largest absolute Gasteiger partial charge is 0.503 e. The molecule has 0 aromatic heterocycles. The van der Waals surface area contributed by atoms with Crippen molar-refractivity contribution >= 4 is 5.97 Å². The van der Waals surface area contributed by atoms with Crippen molar-refractivity contribution in [3.8, 4) is 17.2 Å². The number of aromatic hydroxyl groups is 1. The Bertz CT molecular complexity index is 2380. The van der Waals surface area contributed by atoms with Crippen LogP contribution < -0.4 is 9.47 Å². The van der Waals surface area contributed by atoms with E-state index in [2.05, 4.69) is 27.4 Å². The Morgan fingerprint density at radius 2 is 0.726 bits per heavy atom. The van der Waals surface area contributed by atoms with E-state index in [1.807, 2.05) is 0 Å². The number of aliphatic hydroxyl groups is 1. The third kappa shape index (κ3) is 19.9. The van der Waals surface area contributed by atoms with E-state index in [9.17, 15) is 36.2 Å². The van der Waals surface area contributed by atoms with Crippen LogP contribution in [0.1, 0.15) is 269 Å². The Kier molecular flexibility index (Phi) is 28.0. The molecule has 0 bridgehead atoms. The van der Waals surface area contributed by atoms with E-state index in [4.69, 9.17) is 19.3 Å². The lowest BCUT2D eigenvalue weighted by Gasteiger charge is -2.38. The molecule has 0 radical (unpaired) electrons. The summed E-state index contributed by atoms with van der Waals surface area (Å²) in [6, 6.07) is 8.43. The molecule has 3 aromatic rings. The van der Waals surface area contributed by atoms with E-state index in [1.165, 1.54) is 190 Å². The first-order chi connectivity index (χ1) is 40.7. The van der Waals surface area contributed by atoms with Gasteiger partial charge in [-0.3, -0.25) is 0 Å². The number of hydrogen-bond acceptors (Lipinski definition) is 6. The number of aliphatic hydroxyl groups excluding tert-OH is 1. The molecule has 482 valence electrons. The van der Waals surface area contributed by atoms with Gasteiger partial charge in [0.25, 0.3) is 0 Å². The maximum absolute atomic E-state index is 14.6. The monoisotopic (exact) mass is 1190 g/mol. The van der Waals surface area contributed by atoms with Gasteiger partial charge in [-0.25, -0.2) is 31.1 Å². The minimum Gasteiger partial charge on any atom is -0.503 e. The number of esters is 1. The molecule has 0 atom stereocenters. The molecule has 12 heteroatoms. The smallest absolute Gasteiger partial charge is 0.330 e. The Morgan fingerprint density at radius 3 is 1.00 bits per heavy atom. The second kappa shape index (κ2) is 35.0. The molecule has 2 N–H and O–H groups in total. The van der Waals surface area contributed by atoms with Crippen molar-refractivity contribution in [2.75, 3.05) is 26.4 Å². The maximum Gasteiger partial charge on any atom is 0.330 e. The van der Waals surface area contributed by atoms with Crippen LogP contribution in [-0.4, -0.2) is 42.6 Å². The predicted molar refractivity (Wildman–Crippen MR) is 337 cm³/mol. The van der Waals surface area contributed by atoms with Gasteiger partial charge in [0.05, 0.1) is 19.8 Å². The second-order valence-electron chi connectivity index (χ2n) is 26.5. The van der Waals surface area contributed by atoms with Gasteiger partial charge >= 0.3 is 5.97 Å². The SMILES string of the molecule is C=CC(=O)OCCCOc1c(F)cc(C2CCC(C3CCC(CCC)CC3)CC2)cc1F.CCCC1CCC(C2CCC(c3cc(F)c(O)c(F)c3)CC2)CC1.CCCC1CCC(C2CCC(c3cc(F)c(OCCCO)c(F)c3)CC2)CC1.[HH].[HH].[HH].[HH].[HH].[HH]. The number of phenols is 1. The van der Waals surface area contributed by atoms with E-state index in [0.717, 1.165) is 109 Å². The molecule has 6 nitrogen and oxygen atoms in total. The van der Waals surface area contributed by atoms with Crippen LogP contribution in [0.4, 0.5) is 26.3 Å². The molecule has 6 fully saturated rings. The molecular weight excluding hydrogens is 1070 g/mol. The van der Waals surface area contributed by atoms with Gasteiger partial charge in [-0.15, -0.1) is 0 Å². The summed E-state index contributed by atoms with van der Waals surface area (Å²) in [6.07, 6.45) is 39.6. The molecule has 6 aliphatic carbocycles. The fraction of sp³-hybridized carbons (Fsp3) is 0.708. The molecule has 0 spiro atoms. The summed E-state index contributed by atoms with van der Waals surface area (Å²) in [5.74, 6) is 2.26. The lowest BCUT2D eigenvalue weighted by molar-refractivity contribution is -0.137. The Balaban J connectivity index is 0.000000659. The molecule has 84 heavy (non-hydrogen) atoms. The number of rotatable bonds is 22. The molecule has 9 rings (SSSR count). The van der Waals surface area contributed by atoms with E-state index >= 15 is 0 Å². The van der Waals surface area contributed by atoms with Crippen molar-refractivity contribution in [1.82, 2.24) is 0 Å². The zero-order valence-electron chi connectivity index (χ0n) is 51.4. The van der Waals surface area contributed by atoms with Crippen LogP contribution >= 0.6 is 0 Å². The maximum atomic E-state index is 14.6. The summed E-state index contributed by atoms with van der Waals surface area (Å²) in [7, 11) is 0. The molecule has 0 amide bonds. The Labute approximate surface area is 510 Å². The minimum absolute atomic E-state index is 0. The summed E-state index contributed by atoms with van der Waals surface area (Å²) in [4.78, 5) is 11.0. The molecule has 3 aromatic carbocycles. The summed E-state index contributed by atoms with van der Waals surface area (Å²) >= 11 is 0. The van der Waals surface area contributed by atoms with Gasteiger partial charge in [-0.1, -0.05) is 104 Å². The summed E-state index contributed by atoms with van der Waals surface area (Å²) < 4.78 is 100. The van der Waals surface area contributed by atoms with Crippen molar-refractivity contribution < 1.29 is 64.1 Å². The average molecular weight is 1190 g/mol. The highest BCUT2D eigenvalue weighted by Crippen LogP contribution is 2.48. The third-order valence-corrected chi connectivity index (χ3v) is 21.1. The first kappa shape index (κ1) is 67.3. The number of phenolic OH excluding ortho intramolecular Hbond substituents is 1. The molecule has 0 heterocycles. The Hall–Kier alpha value is -4.19. The number of carbonyl (C=O) groups is 1. The predicted octanol–water partition coefficient (Wildman–Crippen LogP) is 22.0. The average Bonchev–Trinajstić information content (AvgIpc) is 0.942. The molecular formula is C72H116F6O6. The van der Waals surface area contributed by atoms with Gasteiger partial charge in [-0.2, -0.15) is 0 Å². The lowest BCUT2D eigenvalue weighted by Crippen LogP contribution is -2.25. The van der Waals surface area contributed by atoms with Gasteiger partial charge in [0, 0.05) is 34.1 Å². The zero-order chi connectivity index (χ0) is 60.0. The molecule has 0 saturated heterocycles. The van der Waals surface area contributed by atoms with E-state index < -0.39 is 46.6 Å². The normalized spacial score (nSPS) is 28.2. The summed E-state index contributed by atoms with van der Waals surface area (Å²) in [6.45, 7) is 10.4. The lowest BCUT2D eigenvalue weighted by atomic mass is 9.68. The number of carbonyl (C=O) groups excluding carboxylic acids is 1. The van der Waals surface area contributed by atoms with Crippen LogP contribution in [0.3, 0.4) is 0 Å². The second-order valence-corrected chi connectivity index (χ2v) is 26.5. The fourth-order valence-corrected chi connectivity index (χ4v) is 16.3. The van der Waals surface area contributed by atoms with Crippen molar-refractivity contribution in [3.05, 3.63) is 101 Å². The van der Waals surface area contributed by atoms with Gasteiger partial charge in [0.1, 0.15) is 0 Å². The third-order valence-electron chi connectivity index (χ3n) is 21.1. The molecule has 0 aliphatic heterocycles. The van der Waals surface area contributed by atoms with Crippen LogP contribution in [0.2, 0.25) is 0 Å². The van der Waals surface area contributed by atoms with Crippen molar-refractivity contribution in [3.63, 3.8) is 0 Å². The quantitative estimate of drug-likeness (QED) is 0.0451. The standard InChI is InChI=1S/C27H38F2O3.C24H36F2O2.C21H30F2O.6H2/c1-3-6-19-7-9-20(10-8-19)21-11-13-22(14-12-21)23-17-24(28)27(25(29)18-23)32-16-5-15-31-26(30)4-2;1-2-4-17-5-7-18(8-6-17)19-9-11-20(12-10-19)21-15-22(25)24(23(26)16-21)28-14-3-13-27;1-2-3-14-4-6-15(7-5-14)16-8-10-17(11-9-16)18-12-19(22)21(24)20(23)13-18;;;;;;/h4,17-22H,2-3,5-16H2,1H3;15-20,27H,2-14H2,1H3;12-17,24H,2-11H2,1H3;6*1H. The van der Waals surface area contributed by atoms with E-state index in [-0.39, 0.29) is 64.2 Å². The van der Waals surface area contributed by atoms with Crippen molar-refractivity contribution in [2.24, 2.45) is 53.3 Å². The van der Waals surface area contributed by atoms with Crippen LogP contribution in [0.25, 0.3) is 0 Å². The van der Waals surface area contributed by atoms with Gasteiger partial charge in [0.2, 0.25) is 0 Å². The van der Waals surface area contributed by atoms with Gasteiger partial charge in [-0.05, 0) is 240 Å². The highest BCUT2D eigenvalue weighted by molar-refractivity contribution is 5.81. The number of benzene rings is 3. The molecule has 6 saturated carbocycles. The highest BCUT2D eigenvalue weighted by Gasteiger charge is 2.35. The van der Waals surface area contributed by atoms with Crippen molar-refractivity contribution in [2.45, 2.75) is 244 Å². The van der Waals surface area contributed by atoms with Crippen LogP contribution in [0.5, 0.6) is 17.2 Å². The number of ether oxygens (including phenoxy) is 3. The number of halogens is 6. The van der Waals surface area contributed by atoms with Crippen molar-refractivity contribution in [1.29, 1.82) is 0 Å². The van der Waals surface area contributed by atoms with Crippen LogP contribution in [0.15, 0.2) is 49.1 Å². The summed E-state index contributed by atoms with van der Waals surface area (Å²) in [5.41, 5.74) is 2.24. The topological polar surface area (TPSA) is 85.2 Å². The Morgan fingerprint density at radius 1 is 0.452 bits per heavy atom. The van der Waals surface area contributed by atoms with Gasteiger partial charge < -0.3 is 24.4 Å². The minimum atomic E-state index is -0.851. The highest BCUT2D eigenvalue weighted by atomic mass is 19.2. The first-order valence-corrected chi connectivity index (χ1v) is 33.5. The van der Waals surface area contributed by atoms with E-state index in [0.29, 0.717) is 18.4 Å².